The van der Waals surface area contributed by atoms with Crippen LogP contribution >= 0.6 is 0 Å². The summed E-state index contributed by atoms with van der Waals surface area (Å²) < 4.78 is 19.1. The maximum Gasteiger partial charge on any atom is 0.124 e. The average molecular weight is 463 g/mol. The van der Waals surface area contributed by atoms with E-state index in [1.807, 2.05) is 42.5 Å². The first kappa shape index (κ1) is 22.7. The number of phenols is 1. The topological polar surface area (TPSA) is 60.0 Å². The third kappa shape index (κ3) is 5.17. The second-order valence-corrected chi connectivity index (χ2v) is 8.89. The predicted octanol–water partition coefficient (Wildman–Crippen LogP) is 3.67. The monoisotopic (exact) mass is 462 g/mol. The minimum absolute atomic E-state index is 0.00569. The molecule has 3 aromatic rings. The Labute approximate surface area is 199 Å². The molecule has 7 heteroatoms. The summed E-state index contributed by atoms with van der Waals surface area (Å²) >= 11 is 0. The molecule has 2 aliphatic heterocycles. The zero-order valence-electron chi connectivity index (χ0n) is 19.2. The van der Waals surface area contributed by atoms with Gasteiger partial charge >= 0.3 is 0 Å². The number of phenolic OH excluding ortho intramolecular Hbond substituents is 1. The summed E-state index contributed by atoms with van der Waals surface area (Å²) in [6, 6.07) is 22.6. The van der Waals surface area contributed by atoms with E-state index in [0.29, 0.717) is 12.4 Å². The number of benzene rings is 3. The number of hydrogen-bond acceptors (Lipinski definition) is 6. The van der Waals surface area contributed by atoms with Gasteiger partial charge in [-0.3, -0.25) is 10.3 Å². The molecule has 6 nitrogen and oxygen atoms in total. The van der Waals surface area contributed by atoms with Crippen LogP contribution in [0.5, 0.6) is 11.5 Å². The molecule has 2 saturated heterocycles. The number of hydrazine groups is 1. The van der Waals surface area contributed by atoms with Gasteiger partial charge in [-0.2, -0.15) is 0 Å². The maximum absolute atomic E-state index is 13.1. The Kier molecular flexibility index (Phi) is 6.94. The van der Waals surface area contributed by atoms with Crippen molar-refractivity contribution in [2.24, 2.45) is 0 Å². The standard InChI is InChI=1S/C27H31FN4O2/c28-21-6-8-22(9-7-21)32-14-12-31(13-15-32)16-17-34-23-10-11-24(26(33)18-23)27-25(19-29-30-27)20-4-2-1-3-5-20/h1-11,18,25,27,29-30,33H,12-17,19H2. The molecule has 0 amide bonds. The lowest BCUT2D eigenvalue weighted by Gasteiger charge is -2.36. The summed E-state index contributed by atoms with van der Waals surface area (Å²) in [5, 5.41) is 10.7. The van der Waals surface area contributed by atoms with Gasteiger partial charge in [-0.15, -0.1) is 0 Å². The van der Waals surface area contributed by atoms with Gasteiger partial charge in [0.1, 0.15) is 23.9 Å². The van der Waals surface area contributed by atoms with Crippen LogP contribution in [0.4, 0.5) is 10.1 Å². The Bertz CT molecular complexity index is 1070. The fourth-order valence-electron chi connectivity index (χ4n) is 4.85. The Morgan fingerprint density at radius 2 is 1.71 bits per heavy atom. The van der Waals surface area contributed by atoms with Gasteiger partial charge in [0.2, 0.25) is 0 Å². The molecular weight excluding hydrogens is 431 g/mol. The largest absolute Gasteiger partial charge is 0.507 e. The number of aromatic hydroxyl groups is 1. The number of nitrogens with zero attached hydrogens (tertiary/aromatic N) is 2. The van der Waals surface area contributed by atoms with Gasteiger partial charge in [0.25, 0.3) is 0 Å². The lowest BCUT2D eigenvalue weighted by atomic mass is 9.88. The highest BCUT2D eigenvalue weighted by molar-refractivity contribution is 5.47. The molecule has 2 unspecified atom stereocenters. The highest BCUT2D eigenvalue weighted by atomic mass is 19.1. The van der Waals surface area contributed by atoms with Gasteiger partial charge in [-0.1, -0.05) is 36.4 Å². The van der Waals surface area contributed by atoms with Crippen LogP contribution in [0.3, 0.4) is 0 Å². The van der Waals surface area contributed by atoms with Crippen molar-refractivity contribution >= 4 is 5.69 Å². The Hall–Kier alpha value is -3.13. The normalized spacial score (nSPS) is 21.0. The van der Waals surface area contributed by atoms with E-state index in [2.05, 4.69) is 32.8 Å². The van der Waals surface area contributed by atoms with E-state index in [0.717, 1.165) is 50.5 Å². The second kappa shape index (κ2) is 10.4. The number of piperazine rings is 1. The van der Waals surface area contributed by atoms with Crippen molar-refractivity contribution in [2.45, 2.75) is 12.0 Å². The number of ether oxygens (including phenoxy) is 1. The van der Waals surface area contributed by atoms with Crippen molar-refractivity contribution in [1.29, 1.82) is 0 Å². The van der Waals surface area contributed by atoms with Crippen molar-refractivity contribution in [2.75, 3.05) is 50.8 Å². The van der Waals surface area contributed by atoms with Crippen LogP contribution in [0.2, 0.25) is 0 Å². The number of anilines is 1. The number of halogens is 1. The van der Waals surface area contributed by atoms with Gasteiger partial charge in [0.05, 0.1) is 6.04 Å². The average Bonchev–Trinajstić information content (AvgIpc) is 3.35. The SMILES string of the molecule is Oc1cc(OCCN2CCN(c3ccc(F)cc3)CC2)ccc1C1NNCC1c1ccccc1. The van der Waals surface area contributed by atoms with Gasteiger partial charge < -0.3 is 14.7 Å². The van der Waals surface area contributed by atoms with Crippen LogP contribution in [0.25, 0.3) is 0 Å². The van der Waals surface area contributed by atoms with Crippen LogP contribution in [-0.4, -0.2) is 55.9 Å². The van der Waals surface area contributed by atoms with Crippen molar-refractivity contribution in [3.63, 3.8) is 0 Å². The molecular formula is C27H31FN4O2. The van der Waals surface area contributed by atoms with Gasteiger partial charge in [0, 0.05) is 62.5 Å². The van der Waals surface area contributed by atoms with Crippen molar-refractivity contribution < 1.29 is 14.2 Å². The molecule has 3 aromatic carbocycles. The van der Waals surface area contributed by atoms with Gasteiger partial charge in [0.15, 0.2) is 0 Å². The first-order valence-electron chi connectivity index (χ1n) is 11.9. The highest BCUT2D eigenvalue weighted by Gasteiger charge is 2.31. The van der Waals surface area contributed by atoms with E-state index in [9.17, 15) is 9.50 Å². The summed E-state index contributed by atoms with van der Waals surface area (Å²) in [5.74, 6) is 0.958. The second-order valence-electron chi connectivity index (χ2n) is 8.89. The third-order valence-electron chi connectivity index (χ3n) is 6.79. The Morgan fingerprint density at radius 1 is 0.941 bits per heavy atom. The van der Waals surface area contributed by atoms with Crippen molar-refractivity contribution in [3.05, 3.63) is 89.7 Å². The minimum atomic E-state index is -0.203. The lowest BCUT2D eigenvalue weighted by molar-refractivity contribution is 0.200. The minimum Gasteiger partial charge on any atom is -0.507 e. The van der Waals surface area contributed by atoms with Crippen LogP contribution in [0.15, 0.2) is 72.8 Å². The van der Waals surface area contributed by atoms with Gasteiger partial charge in [-0.05, 0) is 35.9 Å². The fourth-order valence-corrected chi connectivity index (χ4v) is 4.85. The first-order valence-corrected chi connectivity index (χ1v) is 11.9. The van der Waals surface area contributed by atoms with E-state index in [1.54, 1.807) is 6.07 Å². The number of nitrogens with one attached hydrogen (secondary N) is 2. The van der Waals surface area contributed by atoms with Crippen LogP contribution in [0, 0.1) is 5.82 Å². The number of hydrogen-bond donors (Lipinski definition) is 3. The molecule has 5 rings (SSSR count). The molecule has 2 heterocycles. The zero-order valence-corrected chi connectivity index (χ0v) is 19.2. The van der Waals surface area contributed by atoms with Crippen LogP contribution in [-0.2, 0) is 0 Å². The van der Waals surface area contributed by atoms with Gasteiger partial charge in [-0.25, -0.2) is 9.82 Å². The highest BCUT2D eigenvalue weighted by Crippen LogP contribution is 2.38. The molecule has 2 atom stereocenters. The van der Waals surface area contributed by atoms with E-state index < -0.39 is 0 Å². The molecule has 0 aliphatic carbocycles. The molecule has 178 valence electrons. The molecule has 2 aliphatic rings. The molecule has 0 aromatic heterocycles. The van der Waals surface area contributed by atoms with E-state index >= 15 is 0 Å². The molecule has 0 radical (unpaired) electrons. The molecule has 34 heavy (non-hydrogen) atoms. The summed E-state index contributed by atoms with van der Waals surface area (Å²) in [7, 11) is 0. The van der Waals surface area contributed by atoms with Crippen molar-refractivity contribution in [1.82, 2.24) is 15.8 Å². The zero-order chi connectivity index (χ0) is 23.3. The molecule has 0 bridgehead atoms. The third-order valence-corrected chi connectivity index (χ3v) is 6.79. The first-order chi connectivity index (χ1) is 16.7. The predicted molar refractivity (Wildman–Crippen MR) is 132 cm³/mol. The lowest BCUT2D eigenvalue weighted by Crippen LogP contribution is -2.47. The summed E-state index contributed by atoms with van der Waals surface area (Å²) in [4.78, 5) is 4.65. The molecule has 2 fully saturated rings. The maximum atomic E-state index is 13.1. The molecule has 0 saturated carbocycles. The van der Waals surface area contributed by atoms with Crippen LogP contribution < -0.4 is 20.5 Å². The summed E-state index contributed by atoms with van der Waals surface area (Å²) in [6.07, 6.45) is 0. The van der Waals surface area contributed by atoms with E-state index in [4.69, 9.17) is 4.74 Å². The quantitative estimate of drug-likeness (QED) is 0.498. The van der Waals surface area contributed by atoms with E-state index in [-0.39, 0.29) is 23.5 Å². The number of rotatable bonds is 7. The Balaban J connectivity index is 1.12. The Morgan fingerprint density at radius 3 is 2.44 bits per heavy atom. The summed E-state index contributed by atoms with van der Waals surface area (Å²) in [5.41, 5.74) is 9.70. The van der Waals surface area contributed by atoms with Crippen LogP contribution in [0.1, 0.15) is 23.1 Å². The molecule has 3 N–H and O–H groups in total. The smallest absolute Gasteiger partial charge is 0.124 e. The van der Waals surface area contributed by atoms with Crippen molar-refractivity contribution in [3.8, 4) is 11.5 Å². The van der Waals surface area contributed by atoms with E-state index in [1.165, 1.54) is 17.7 Å². The summed E-state index contributed by atoms with van der Waals surface area (Å²) in [6.45, 7) is 5.88. The molecule has 0 spiro atoms. The fraction of sp³-hybridized carbons (Fsp3) is 0.333.